The van der Waals surface area contributed by atoms with Crippen LogP contribution in [0.4, 0.5) is 0 Å². The minimum Gasteiger partial charge on any atom is -0.338 e. The molecular weight excluding hydrogens is 326 g/mol. The average Bonchev–Trinajstić information content (AvgIpc) is 2.84. The molecule has 0 saturated carbocycles. The normalized spacial score (nSPS) is 11.1. The highest BCUT2D eigenvalue weighted by molar-refractivity contribution is 9.10. The van der Waals surface area contributed by atoms with Crippen LogP contribution < -0.4 is 5.73 Å². The van der Waals surface area contributed by atoms with Crippen molar-refractivity contribution in [1.82, 2.24) is 9.97 Å². The fraction of sp³-hybridized carbons (Fsp3) is 0.0714. The summed E-state index contributed by atoms with van der Waals surface area (Å²) >= 11 is 9.41. The molecule has 0 aliphatic rings. The minimum atomic E-state index is 0.525. The summed E-state index contributed by atoms with van der Waals surface area (Å²) in [6.45, 7) is 0.525. The number of benzene rings is 2. The van der Waals surface area contributed by atoms with Crippen molar-refractivity contribution >= 4 is 38.6 Å². The first-order chi connectivity index (χ1) is 9.17. The third kappa shape index (κ3) is 2.39. The Balaban J connectivity index is 2.11. The molecule has 3 N–H and O–H groups in total. The van der Waals surface area contributed by atoms with Crippen LogP contribution in [0.25, 0.3) is 22.4 Å². The van der Waals surface area contributed by atoms with Crippen LogP contribution in [0.15, 0.2) is 40.9 Å². The number of H-pyrrole nitrogens is 1. The highest BCUT2D eigenvalue weighted by Crippen LogP contribution is 2.28. The van der Waals surface area contributed by atoms with Crippen LogP contribution in [0, 0.1) is 0 Å². The van der Waals surface area contributed by atoms with Crippen LogP contribution in [-0.4, -0.2) is 9.97 Å². The van der Waals surface area contributed by atoms with Gasteiger partial charge in [0.15, 0.2) is 0 Å². The summed E-state index contributed by atoms with van der Waals surface area (Å²) in [7, 11) is 0. The quantitative estimate of drug-likeness (QED) is 0.740. The highest BCUT2D eigenvalue weighted by Gasteiger charge is 2.07. The van der Waals surface area contributed by atoms with Gasteiger partial charge in [-0.3, -0.25) is 0 Å². The summed E-state index contributed by atoms with van der Waals surface area (Å²) in [4.78, 5) is 7.87. The number of aromatic amines is 1. The Bertz CT molecular complexity index is 752. The van der Waals surface area contributed by atoms with Crippen LogP contribution >= 0.6 is 27.5 Å². The molecule has 96 valence electrons. The number of rotatable bonds is 2. The van der Waals surface area contributed by atoms with Gasteiger partial charge in [-0.1, -0.05) is 17.7 Å². The molecule has 0 amide bonds. The van der Waals surface area contributed by atoms with E-state index in [-0.39, 0.29) is 0 Å². The van der Waals surface area contributed by atoms with Crippen LogP contribution in [0.2, 0.25) is 5.02 Å². The van der Waals surface area contributed by atoms with E-state index in [0.29, 0.717) is 11.6 Å². The Labute approximate surface area is 123 Å². The first-order valence-electron chi connectivity index (χ1n) is 5.81. The first-order valence-corrected chi connectivity index (χ1v) is 6.98. The van der Waals surface area contributed by atoms with E-state index in [1.807, 2.05) is 36.4 Å². The Hall–Kier alpha value is -1.36. The molecule has 1 heterocycles. The summed E-state index contributed by atoms with van der Waals surface area (Å²) in [6.07, 6.45) is 0. The third-order valence-electron chi connectivity index (χ3n) is 2.98. The van der Waals surface area contributed by atoms with Crippen LogP contribution in [0.5, 0.6) is 0 Å². The molecule has 0 radical (unpaired) electrons. The molecule has 0 atom stereocenters. The molecule has 0 spiro atoms. The van der Waals surface area contributed by atoms with E-state index < -0.39 is 0 Å². The summed E-state index contributed by atoms with van der Waals surface area (Å²) in [5.41, 5.74) is 9.63. The lowest BCUT2D eigenvalue weighted by Gasteiger charge is -1.99. The topological polar surface area (TPSA) is 54.7 Å². The summed E-state index contributed by atoms with van der Waals surface area (Å²) in [6, 6.07) is 11.7. The van der Waals surface area contributed by atoms with Gasteiger partial charge in [0.25, 0.3) is 0 Å². The Morgan fingerprint density at radius 2 is 2.05 bits per heavy atom. The van der Waals surface area contributed by atoms with Gasteiger partial charge >= 0.3 is 0 Å². The highest BCUT2D eigenvalue weighted by atomic mass is 79.9. The maximum atomic E-state index is 6.00. The number of fused-ring (bicyclic) bond motifs is 1. The predicted octanol–water partition coefficient (Wildman–Crippen LogP) is 4.10. The molecule has 1 aromatic heterocycles. The zero-order chi connectivity index (χ0) is 13.4. The van der Waals surface area contributed by atoms with Gasteiger partial charge in [-0.2, -0.15) is 0 Å². The van der Waals surface area contributed by atoms with Crippen molar-refractivity contribution in [2.24, 2.45) is 5.73 Å². The van der Waals surface area contributed by atoms with Crippen molar-refractivity contribution in [3.8, 4) is 11.4 Å². The van der Waals surface area contributed by atoms with E-state index in [4.69, 9.17) is 17.3 Å². The fourth-order valence-electron chi connectivity index (χ4n) is 1.96. The fourth-order valence-corrected chi connectivity index (χ4v) is 2.46. The van der Waals surface area contributed by atoms with Crippen molar-refractivity contribution in [3.63, 3.8) is 0 Å². The summed E-state index contributed by atoms with van der Waals surface area (Å²) in [5, 5.41) is 0.685. The van der Waals surface area contributed by atoms with Crippen molar-refractivity contribution in [2.45, 2.75) is 6.54 Å². The van der Waals surface area contributed by atoms with E-state index in [9.17, 15) is 0 Å². The molecule has 2 aromatic carbocycles. The molecule has 3 rings (SSSR count). The van der Waals surface area contributed by atoms with Gasteiger partial charge in [0.05, 0.1) is 16.1 Å². The Kier molecular flexibility index (Phi) is 3.31. The van der Waals surface area contributed by atoms with Crippen molar-refractivity contribution in [2.75, 3.05) is 0 Å². The number of hydrogen-bond acceptors (Lipinski definition) is 2. The molecule has 0 unspecified atom stereocenters. The molecule has 3 nitrogen and oxygen atoms in total. The van der Waals surface area contributed by atoms with Gasteiger partial charge in [0.2, 0.25) is 0 Å². The molecule has 19 heavy (non-hydrogen) atoms. The van der Waals surface area contributed by atoms with E-state index in [2.05, 4.69) is 25.9 Å². The number of hydrogen-bond donors (Lipinski definition) is 2. The number of halogens is 2. The molecule has 3 aromatic rings. The van der Waals surface area contributed by atoms with E-state index >= 15 is 0 Å². The number of imidazole rings is 1. The number of aromatic nitrogens is 2. The SMILES string of the molecule is NCc1ccc2nc(-c3ccc(Cl)c(Br)c3)[nH]c2c1. The number of nitrogens with zero attached hydrogens (tertiary/aromatic N) is 1. The largest absolute Gasteiger partial charge is 0.338 e. The second-order valence-corrected chi connectivity index (χ2v) is 5.53. The average molecular weight is 337 g/mol. The monoisotopic (exact) mass is 335 g/mol. The van der Waals surface area contributed by atoms with Gasteiger partial charge in [-0.05, 0) is 51.8 Å². The standard InChI is InChI=1S/C14H11BrClN3/c15-10-6-9(2-3-11(10)16)14-18-12-4-1-8(7-17)5-13(12)19-14/h1-6H,7,17H2,(H,18,19). The Morgan fingerprint density at radius 3 is 2.79 bits per heavy atom. The van der Waals surface area contributed by atoms with Gasteiger partial charge < -0.3 is 10.7 Å². The van der Waals surface area contributed by atoms with Gasteiger partial charge in [-0.15, -0.1) is 0 Å². The molecular formula is C14H11BrClN3. The summed E-state index contributed by atoms with van der Waals surface area (Å²) < 4.78 is 0.856. The van der Waals surface area contributed by atoms with E-state index in [1.165, 1.54) is 0 Å². The molecule has 5 heteroatoms. The predicted molar refractivity (Wildman–Crippen MR) is 82.1 cm³/mol. The summed E-state index contributed by atoms with van der Waals surface area (Å²) in [5.74, 6) is 0.821. The van der Waals surface area contributed by atoms with Gasteiger partial charge in [-0.25, -0.2) is 4.98 Å². The van der Waals surface area contributed by atoms with Crippen LogP contribution in [-0.2, 0) is 6.54 Å². The molecule has 0 aliphatic heterocycles. The van der Waals surface area contributed by atoms with Gasteiger partial charge in [0, 0.05) is 16.6 Å². The lowest BCUT2D eigenvalue weighted by atomic mass is 10.2. The molecule has 0 fully saturated rings. The lowest BCUT2D eigenvalue weighted by Crippen LogP contribution is -1.95. The van der Waals surface area contributed by atoms with E-state index in [0.717, 1.165) is 32.5 Å². The number of nitrogens with one attached hydrogen (secondary N) is 1. The van der Waals surface area contributed by atoms with Gasteiger partial charge in [0.1, 0.15) is 5.82 Å². The van der Waals surface area contributed by atoms with Crippen LogP contribution in [0.3, 0.4) is 0 Å². The molecule has 0 saturated heterocycles. The number of nitrogens with two attached hydrogens (primary N) is 1. The zero-order valence-electron chi connectivity index (χ0n) is 9.95. The zero-order valence-corrected chi connectivity index (χ0v) is 12.3. The Morgan fingerprint density at radius 1 is 1.21 bits per heavy atom. The molecule has 0 bridgehead atoms. The second kappa shape index (κ2) is 4.96. The third-order valence-corrected chi connectivity index (χ3v) is 4.19. The second-order valence-electron chi connectivity index (χ2n) is 4.27. The van der Waals surface area contributed by atoms with Crippen molar-refractivity contribution in [1.29, 1.82) is 0 Å². The maximum Gasteiger partial charge on any atom is 0.138 e. The first kappa shape index (κ1) is 12.7. The smallest absolute Gasteiger partial charge is 0.138 e. The molecule has 0 aliphatic carbocycles. The van der Waals surface area contributed by atoms with E-state index in [1.54, 1.807) is 0 Å². The van der Waals surface area contributed by atoms with Crippen molar-refractivity contribution in [3.05, 3.63) is 51.5 Å². The van der Waals surface area contributed by atoms with Crippen molar-refractivity contribution < 1.29 is 0 Å². The lowest BCUT2D eigenvalue weighted by molar-refractivity contribution is 1.07. The maximum absolute atomic E-state index is 6.00. The minimum absolute atomic E-state index is 0.525. The van der Waals surface area contributed by atoms with Crippen LogP contribution in [0.1, 0.15) is 5.56 Å².